The van der Waals surface area contributed by atoms with Crippen molar-refractivity contribution in [3.05, 3.63) is 35.9 Å². The Morgan fingerprint density at radius 1 is 1.10 bits per heavy atom. The predicted octanol–water partition coefficient (Wildman–Crippen LogP) is 3.21. The van der Waals surface area contributed by atoms with Gasteiger partial charge in [-0.25, -0.2) is 0 Å². The van der Waals surface area contributed by atoms with E-state index in [2.05, 4.69) is 0 Å². The Labute approximate surface area is 124 Å². The number of carboxylic acid groups (broad SMARTS) is 2. The molecule has 3 unspecified atom stereocenters. The highest BCUT2D eigenvalue weighted by atomic mass is 16.4. The Morgan fingerprint density at radius 3 is 2.38 bits per heavy atom. The van der Waals surface area contributed by atoms with Crippen LogP contribution in [-0.2, 0) is 16.0 Å². The highest BCUT2D eigenvalue weighted by Crippen LogP contribution is 2.38. The summed E-state index contributed by atoms with van der Waals surface area (Å²) in [5.41, 5.74) is 1.03. The second-order valence-corrected chi connectivity index (χ2v) is 6.01. The van der Waals surface area contributed by atoms with Crippen LogP contribution in [0, 0.1) is 17.8 Å². The molecule has 1 aliphatic carbocycles. The van der Waals surface area contributed by atoms with Crippen LogP contribution >= 0.6 is 0 Å². The van der Waals surface area contributed by atoms with Gasteiger partial charge >= 0.3 is 11.9 Å². The molecule has 2 N–H and O–H groups in total. The number of hydrogen-bond donors (Lipinski definition) is 2. The molecule has 0 radical (unpaired) electrons. The molecule has 4 nitrogen and oxygen atoms in total. The molecule has 1 aromatic carbocycles. The molecular formula is C17H22O4. The van der Waals surface area contributed by atoms with E-state index in [4.69, 9.17) is 5.11 Å². The summed E-state index contributed by atoms with van der Waals surface area (Å²) in [6, 6.07) is 9.63. The van der Waals surface area contributed by atoms with Gasteiger partial charge in [-0.15, -0.1) is 0 Å². The standard InChI is InChI=1S/C17H22O4/c18-16(19)11-14-8-4-7-13(14)10-15(17(20)21)9-12-5-2-1-3-6-12/h1-3,5-6,13-15H,4,7-11H2,(H,18,19)(H,20,21). The van der Waals surface area contributed by atoms with Gasteiger partial charge in [-0.2, -0.15) is 0 Å². The van der Waals surface area contributed by atoms with Crippen molar-refractivity contribution in [3.63, 3.8) is 0 Å². The van der Waals surface area contributed by atoms with Crippen molar-refractivity contribution >= 4 is 11.9 Å². The fourth-order valence-electron chi connectivity index (χ4n) is 3.45. The Morgan fingerprint density at radius 2 is 1.76 bits per heavy atom. The van der Waals surface area contributed by atoms with E-state index in [0.29, 0.717) is 12.8 Å². The third-order valence-corrected chi connectivity index (χ3v) is 4.51. The normalized spacial score (nSPS) is 22.9. The van der Waals surface area contributed by atoms with Crippen LogP contribution in [0.4, 0.5) is 0 Å². The average Bonchev–Trinajstić information content (AvgIpc) is 2.85. The molecule has 3 atom stereocenters. The summed E-state index contributed by atoms with van der Waals surface area (Å²) in [5, 5.41) is 18.4. The summed E-state index contributed by atoms with van der Waals surface area (Å²) in [5.74, 6) is -1.61. The van der Waals surface area contributed by atoms with Crippen molar-refractivity contribution in [2.45, 2.75) is 38.5 Å². The zero-order valence-corrected chi connectivity index (χ0v) is 12.1. The largest absolute Gasteiger partial charge is 0.481 e. The monoisotopic (exact) mass is 290 g/mol. The molecule has 0 aromatic heterocycles. The SMILES string of the molecule is O=C(O)CC1CCCC1CC(Cc1ccccc1)C(=O)O. The van der Waals surface area contributed by atoms with Crippen LogP contribution in [0.1, 0.15) is 37.7 Å². The fraction of sp³-hybridized carbons (Fsp3) is 0.529. The minimum Gasteiger partial charge on any atom is -0.481 e. The maximum absolute atomic E-state index is 11.5. The predicted molar refractivity (Wildman–Crippen MR) is 79.0 cm³/mol. The van der Waals surface area contributed by atoms with Gasteiger partial charge in [0, 0.05) is 6.42 Å². The van der Waals surface area contributed by atoms with Crippen molar-refractivity contribution in [1.29, 1.82) is 0 Å². The molecule has 0 saturated heterocycles. The van der Waals surface area contributed by atoms with Crippen LogP contribution in [0.5, 0.6) is 0 Å². The maximum Gasteiger partial charge on any atom is 0.306 e. The summed E-state index contributed by atoms with van der Waals surface area (Å²) in [7, 11) is 0. The molecule has 0 heterocycles. The van der Waals surface area contributed by atoms with Gasteiger partial charge < -0.3 is 10.2 Å². The average molecular weight is 290 g/mol. The second kappa shape index (κ2) is 7.25. The van der Waals surface area contributed by atoms with Crippen LogP contribution in [0.3, 0.4) is 0 Å². The van der Waals surface area contributed by atoms with Gasteiger partial charge in [-0.05, 0) is 36.7 Å². The molecule has 1 fully saturated rings. The lowest BCUT2D eigenvalue weighted by molar-refractivity contribution is -0.142. The lowest BCUT2D eigenvalue weighted by Crippen LogP contribution is -2.23. The number of carboxylic acids is 2. The minimum absolute atomic E-state index is 0.139. The van der Waals surface area contributed by atoms with Gasteiger partial charge in [-0.3, -0.25) is 9.59 Å². The Hall–Kier alpha value is -1.84. The quantitative estimate of drug-likeness (QED) is 0.808. The van der Waals surface area contributed by atoms with Gasteiger partial charge in [-0.1, -0.05) is 43.2 Å². The molecule has 0 amide bonds. The molecule has 0 spiro atoms. The summed E-state index contributed by atoms with van der Waals surface area (Å²) < 4.78 is 0. The van der Waals surface area contributed by atoms with Crippen molar-refractivity contribution in [2.75, 3.05) is 0 Å². The Balaban J connectivity index is 1.99. The Bertz CT molecular complexity index is 483. The van der Waals surface area contributed by atoms with Crippen LogP contribution in [0.15, 0.2) is 30.3 Å². The smallest absolute Gasteiger partial charge is 0.306 e. The number of hydrogen-bond acceptors (Lipinski definition) is 2. The van der Waals surface area contributed by atoms with E-state index in [9.17, 15) is 14.7 Å². The van der Waals surface area contributed by atoms with E-state index in [1.807, 2.05) is 30.3 Å². The summed E-state index contributed by atoms with van der Waals surface area (Å²) in [6.07, 6.45) is 4.16. The first-order valence-electron chi connectivity index (χ1n) is 7.54. The van der Waals surface area contributed by atoms with Gasteiger partial charge in [0.1, 0.15) is 0 Å². The summed E-state index contributed by atoms with van der Waals surface area (Å²) in [4.78, 5) is 22.4. The molecule has 0 aliphatic heterocycles. The number of rotatable bonds is 7. The van der Waals surface area contributed by atoms with E-state index in [1.54, 1.807) is 0 Å². The van der Waals surface area contributed by atoms with Crippen molar-refractivity contribution in [3.8, 4) is 0 Å². The van der Waals surface area contributed by atoms with Gasteiger partial charge in [0.25, 0.3) is 0 Å². The molecule has 21 heavy (non-hydrogen) atoms. The van der Waals surface area contributed by atoms with Crippen molar-refractivity contribution in [2.24, 2.45) is 17.8 Å². The molecule has 2 rings (SSSR count). The van der Waals surface area contributed by atoms with Gasteiger partial charge in [0.05, 0.1) is 5.92 Å². The third-order valence-electron chi connectivity index (χ3n) is 4.51. The fourth-order valence-corrected chi connectivity index (χ4v) is 3.45. The number of carbonyl (C=O) groups is 2. The highest BCUT2D eigenvalue weighted by Gasteiger charge is 2.32. The zero-order valence-electron chi connectivity index (χ0n) is 12.1. The van der Waals surface area contributed by atoms with Gasteiger partial charge in [0.2, 0.25) is 0 Å². The van der Waals surface area contributed by atoms with E-state index in [1.165, 1.54) is 0 Å². The van der Waals surface area contributed by atoms with Gasteiger partial charge in [0.15, 0.2) is 0 Å². The maximum atomic E-state index is 11.5. The minimum atomic E-state index is -0.778. The summed E-state index contributed by atoms with van der Waals surface area (Å²) in [6.45, 7) is 0. The molecule has 1 aliphatic rings. The lowest BCUT2D eigenvalue weighted by atomic mass is 9.83. The van der Waals surface area contributed by atoms with E-state index < -0.39 is 17.9 Å². The third kappa shape index (κ3) is 4.59. The first kappa shape index (κ1) is 15.5. The topological polar surface area (TPSA) is 74.6 Å². The van der Waals surface area contributed by atoms with E-state index >= 15 is 0 Å². The number of aliphatic carboxylic acids is 2. The van der Waals surface area contributed by atoms with Crippen LogP contribution < -0.4 is 0 Å². The second-order valence-electron chi connectivity index (χ2n) is 6.01. The molecule has 1 aromatic rings. The molecule has 1 saturated carbocycles. The lowest BCUT2D eigenvalue weighted by Gasteiger charge is -2.22. The van der Waals surface area contributed by atoms with E-state index in [0.717, 1.165) is 24.8 Å². The molecular weight excluding hydrogens is 268 g/mol. The first-order valence-corrected chi connectivity index (χ1v) is 7.54. The number of benzene rings is 1. The van der Waals surface area contributed by atoms with Crippen LogP contribution in [-0.4, -0.2) is 22.2 Å². The Kier molecular flexibility index (Phi) is 5.37. The molecule has 4 heteroatoms. The molecule has 0 bridgehead atoms. The van der Waals surface area contributed by atoms with Crippen LogP contribution in [0.2, 0.25) is 0 Å². The van der Waals surface area contributed by atoms with E-state index in [-0.39, 0.29) is 18.3 Å². The molecule has 114 valence electrons. The van der Waals surface area contributed by atoms with Crippen molar-refractivity contribution < 1.29 is 19.8 Å². The highest BCUT2D eigenvalue weighted by molar-refractivity contribution is 5.70. The first-order chi connectivity index (χ1) is 10.1. The van der Waals surface area contributed by atoms with Crippen molar-refractivity contribution in [1.82, 2.24) is 0 Å². The van der Waals surface area contributed by atoms with Crippen LogP contribution in [0.25, 0.3) is 0 Å². The summed E-state index contributed by atoms with van der Waals surface area (Å²) >= 11 is 0. The zero-order chi connectivity index (χ0) is 15.2.